The van der Waals surface area contributed by atoms with E-state index in [1.807, 2.05) is 0 Å². The van der Waals surface area contributed by atoms with Crippen LogP contribution in [0.3, 0.4) is 0 Å². The molecule has 0 spiro atoms. The Balaban J connectivity index is 2.63. The standard InChI is InChI=1S/C13H26N2O2/c1-10(2)8-12(14)13(17)15-7-5-3-4-6-11(15)9-16/h10-12,16H,3-9,14H2,1-2H3/t11?,12-/m0/s1. The number of likely N-dealkylation sites (tertiary alicyclic amines) is 1. The first kappa shape index (κ1) is 14.5. The molecule has 1 fully saturated rings. The normalized spacial score (nSPS) is 23.6. The first-order valence-electron chi connectivity index (χ1n) is 6.73. The minimum absolute atomic E-state index is 0.0136. The van der Waals surface area contributed by atoms with Crippen molar-refractivity contribution in [1.29, 1.82) is 0 Å². The van der Waals surface area contributed by atoms with Gasteiger partial charge in [0.05, 0.1) is 18.7 Å². The fourth-order valence-corrected chi connectivity index (χ4v) is 2.48. The third-order valence-electron chi connectivity index (χ3n) is 3.41. The maximum absolute atomic E-state index is 12.2. The summed E-state index contributed by atoms with van der Waals surface area (Å²) < 4.78 is 0. The molecule has 1 saturated heterocycles. The Labute approximate surface area is 104 Å². The smallest absolute Gasteiger partial charge is 0.239 e. The van der Waals surface area contributed by atoms with E-state index < -0.39 is 6.04 Å². The summed E-state index contributed by atoms with van der Waals surface area (Å²) >= 11 is 0. The molecule has 0 aliphatic carbocycles. The van der Waals surface area contributed by atoms with Gasteiger partial charge >= 0.3 is 0 Å². The molecule has 1 aliphatic heterocycles. The summed E-state index contributed by atoms with van der Waals surface area (Å²) in [7, 11) is 0. The van der Waals surface area contributed by atoms with Crippen molar-refractivity contribution in [3.63, 3.8) is 0 Å². The van der Waals surface area contributed by atoms with E-state index in [-0.39, 0.29) is 18.6 Å². The van der Waals surface area contributed by atoms with Gasteiger partial charge in [-0.1, -0.05) is 26.7 Å². The summed E-state index contributed by atoms with van der Waals surface area (Å²) in [6.07, 6.45) is 4.87. The number of hydrogen-bond acceptors (Lipinski definition) is 3. The molecular weight excluding hydrogens is 216 g/mol. The molecule has 3 N–H and O–H groups in total. The molecule has 0 aromatic rings. The lowest BCUT2D eigenvalue weighted by atomic mass is 10.0. The number of rotatable bonds is 4. The van der Waals surface area contributed by atoms with Crippen LogP contribution in [0.4, 0.5) is 0 Å². The summed E-state index contributed by atoms with van der Waals surface area (Å²) in [6, 6.07) is -0.439. The van der Waals surface area contributed by atoms with Gasteiger partial charge in [0.15, 0.2) is 0 Å². The molecule has 0 saturated carbocycles. The number of carbonyl (C=O) groups is 1. The van der Waals surface area contributed by atoms with Crippen LogP contribution in [-0.2, 0) is 4.79 Å². The third kappa shape index (κ3) is 4.28. The molecule has 1 heterocycles. The molecule has 0 aromatic heterocycles. The average Bonchev–Trinajstić information content (AvgIpc) is 2.51. The highest BCUT2D eigenvalue weighted by Crippen LogP contribution is 2.18. The van der Waals surface area contributed by atoms with Crippen molar-refractivity contribution in [1.82, 2.24) is 4.90 Å². The number of aliphatic hydroxyl groups is 1. The number of amides is 1. The zero-order chi connectivity index (χ0) is 12.8. The Hall–Kier alpha value is -0.610. The largest absolute Gasteiger partial charge is 0.394 e. The highest BCUT2D eigenvalue weighted by Gasteiger charge is 2.28. The van der Waals surface area contributed by atoms with E-state index in [1.165, 1.54) is 0 Å². The summed E-state index contributed by atoms with van der Waals surface area (Å²) in [4.78, 5) is 14.1. The Morgan fingerprint density at radius 1 is 1.41 bits per heavy atom. The predicted octanol–water partition coefficient (Wildman–Crippen LogP) is 1.12. The van der Waals surface area contributed by atoms with Crippen LogP contribution in [0.2, 0.25) is 0 Å². The van der Waals surface area contributed by atoms with E-state index in [0.717, 1.165) is 32.2 Å². The van der Waals surface area contributed by atoms with Crippen molar-refractivity contribution in [2.24, 2.45) is 11.7 Å². The third-order valence-corrected chi connectivity index (χ3v) is 3.41. The zero-order valence-corrected chi connectivity index (χ0v) is 11.1. The second-order valence-electron chi connectivity index (χ2n) is 5.45. The van der Waals surface area contributed by atoms with E-state index in [1.54, 1.807) is 4.90 Å². The fourth-order valence-electron chi connectivity index (χ4n) is 2.48. The number of nitrogens with zero attached hydrogens (tertiary/aromatic N) is 1. The molecule has 0 aromatic carbocycles. The molecule has 4 heteroatoms. The van der Waals surface area contributed by atoms with Crippen LogP contribution in [0, 0.1) is 5.92 Å². The topological polar surface area (TPSA) is 66.6 Å². The Kier molecular flexibility index (Phi) is 5.92. The lowest BCUT2D eigenvalue weighted by Crippen LogP contribution is -2.50. The van der Waals surface area contributed by atoms with Crippen molar-refractivity contribution in [2.75, 3.05) is 13.2 Å². The molecule has 1 amide bonds. The molecule has 1 unspecified atom stereocenters. The maximum atomic E-state index is 12.2. The quantitative estimate of drug-likeness (QED) is 0.776. The molecule has 2 atom stereocenters. The predicted molar refractivity (Wildman–Crippen MR) is 68.5 cm³/mol. The van der Waals surface area contributed by atoms with Crippen LogP contribution in [0.5, 0.6) is 0 Å². The maximum Gasteiger partial charge on any atom is 0.239 e. The van der Waals surface area contributed by atoms with Gasteiger partial charge in [-0.3, -0.25) is 4.79 Å². The first-order chi connectivity index (χ1) is 8.06. The summed E-state index contributed by atoms with van der Waals surface area (Å²) in [5.41, 5.74) is 5.94. The molecule has 1 rings (SSSR count). The monoisotopic (exact) mass is 242 g/mol. The average molecular weight is 242 g/mol. The minimum Gasteiger partial charge on any atom is -0.394 e. The van der Waals surface area contributed by atoms with Crippen LogP contribution in [0.15, 0.2) is 0 Å². The Morgan fingerprint density at radius 3 is 2.71 bits per heavy atom. The highest BCUT2D eigenvalue weighted by molar-refractivity contribution is 5.82. The minimum atomic E-state index is -0.415. The van der Waals surface area contributed by atoms with Crippen LogP contribution in [0.1, 0.15) is 46.0 Å². The van der Waals surface area contributed by atoms with E-state index in [0.29, 0.717) is 12.3 Å². The Morgan fingerprint density at radius 2 is 2.12 bits per heavy atom. The van der Waals surface area contributed by atoms with Gasteiger partial charge < -0.3 is 15.7 Å². The fraction of sp³-hybridized carbons (Fsp3) is 0.923. The van der Waals surface area contributed by atoms with Crippen LogP contribution >= 0.6 is 0 Å². The molecular formula is C13H26N2O2. The van der Waals surface area contributed by atoms with Gasteiger partial charge in [-0.2, -0.15) is 0 Å². The second-order valence-corrected chi connectivity index (χ2v) is 5.45. The number of aliphatic hydroxyl groups excluding tert-OH is 1. The van der Waals surface area contributed by atoms with E-state index in [9.17, 15) is 9.90 Å². The number of carbonyl (C=O) groups excluding carboxylic acids is 1. The lowest BCUT2D eigenvalue weighted by Gasteiger charge is -2.31. The molecule has 0 radical (unpaired) electrons. The van der Waals surface area contributed by atoms with E-state index in [4.69, 9.17) is 5.73 Å². The summed E-state index contributed by atoms with van der Waals surface area (Å²) in [6.45, 7) is 4.94. The van der Waals surface area contributed by atoms with Gasteiger partial charge in [0.1, 0.15) is 0 Å². The van der Waals surface area contributed by atoms with Crippen molar-refractivity contribution >= 4 is 5.91 Å². The zero-order valence-electron chi connectivity index (χ0n) is 11.1. The first-order valence-corrected chi connectivity index (χ1v) is 6.73. The van der Waals surface area contributed by atoms with Gasteiger partial charge in [0.2, 0.25) is 5.91 Å². The van der Waals surface area contributed by atoms with Gasteiger partial charge in [-0.25, -0.2) is 0 Å². The van der Waals surface area contributed by atoms with E-state index in [2.05, 4.69) is 13.8 Å². The number of hydrogen-bond donors (Lipinski definition) is 2. The lowest BCUT2D eigenvalue weighted by molar-refractivity contribution is -0.136. The second kappa shape index (κ2) is 6.97. The summed E-state index contributed by atoms with van der Waals surface area (Å²) in [5.74, 6) is 0.438. The molecule has 4 nitrogen and oxygen atoms in total. The molecule has 17 heavy (non-hydrogen) atoms. The van der Waals surface area contributed by atoms with Crippen LogP contribution < -0.4 is 5.73 Å². The highest BCUT2D eigenvalue weighted by atomic mass is 16.3. The van der Waals surface area contributed by atoms with Gasteiger partial charge in [-0.05, 0) is 25.2 Å². The molecule has 1 aliphatic rings. The van der Waals surface area contributed by atoms with Crippen molar-refractivity contribution in [2.45, 2.75) is 58.0 Å². The molecule has 0 bridgehead atoms. The Bertz CT molecular complexity index is 244. The molecule has 100 valence electrons. The summed E-state index contributed by atoms with van der Waals surface area (Å²) in [5, 5.41) is 9.36. The SMILES string of the molecule is CC(C)C[C@H](N)C(=O)N1CCCCCC1CO. The van der Waals surface area contributed by atoms with Gasteiger partial charge in [0, 0.05) is 6.54 Å². The van der Waals surface area contributed by atoms with Gasteiger partial charge in [0.25, 0.3) is 0 Å². The van der Waals surface area contributed by atoms with Crippen molar-refractivity contribution < 1.29 is 9.90 Å². The van der Waals surface area contributed by atoms with Gasteiger partial charge in [-0.15, -0.1) is 0 Å². The number of nitrogens with two attached hydrogens (primary N) is 1. The van der Waals surface area contributed by atoms with Crippen molar-refractivity contribution in [3.05, 3.63) is 0 Å². The van der Waals surface area contributed by atoms with Crippen LogP contribution in [-0.4, -0.2) is 41.1 Å². The van der Waals surface area contributed by atoms with Crippen LogP contribution in [0.25, 0.3) is 0 Å². The van der Waals surface area contributed by atoms with E-state index >= 15 is 0 Å². The van der Waals surface area contributed by atoms with Crippen molar-refractivity contribution in [3.8, 4) is 0 Å².